The highest BCUT2D eigenvalue weighted by molar-refractivity contribution is 5.28. The van der Waals surface area contributed by atoms with Crippen molar-refractivity contribution in [3.05, 3.63) is 29.8 Å². The van der Waals surface area contributed by atoms with Crippen molar-refractivity contribution in [1.29, 1.82) is 0 Å². The summed E-state index contributed by atoms with van der Waals surface area (Å²) in [6, 6.07) is 8.39. The van der Waals surface area contributed by atoms with Gasteiger partial charge in [-0.05, 0) is 62.4 Å². The fourth-order valence-corrected chi connectivity index (χ4v) is 2.39. The molecule has 0 radical (unpaired) electrons. The van der Waals surface area contributed by atoms with Crippen molar-refractivity contribution in [3.8, 4) is 5.75 Å². The normalized spacial score (nSPS) is 12.3. The molecular weight excluding hydrogens is 262 g/mol. The molecule has 0 aromatic heterocycles. The molecule has 1 atom stereocenters. The van der Waals surface area contributed by atoms with E-state index >= 15 is 0 Å². The molecule has 0 aliphatic heterocycles. The molecule has 0 spiro atoms. The van der Waals surface area contributed by atoms with Crippen molar-refractivity contribution in [2.45, 2.75) is 39.5 Å². The van der Waals surface area contributed by atoms with Gasteiger partial charge in [-0.1, -0.05) is 26.0 Å². The van der Waals surface area contributed by atoms with Gasteiger partial charge in [0.1, 0.15) is 5.75 Å². The van der Waals surface area contributed by atoms with E-state index in [1.807, 2.05) is 6.07 Å². The highest BCUT2D eigenvalue weighted by atomic mass is 16.5. The number of ether oxygens (including phenoxy) is 2. The van der Waals surface area contributed by atoms with Crippen LogP contribution in [-0.2, 0) is 11.2 Å². The third-order valence-corrected chi connectivity index (χ3v) is 3.54. The fraction of sp³-hybridized carbons (Fsp3) is 0.667. The maximum Gasteiger partial charge on any atom is 0.119 e. The van der Waals surface area contributed by atoms with Crippen molar-refractivity contribution in [2.24, 2.45) is 5.92 Å². The van der Waals surface area contributed by atoms with Gasteiger partial charge in [0, 0.05) is 13.2 Å². The van der Waals surface area contributed by atoms with E-state index in [9.17, 15) is 0 Å². The minimum absolute atomic E-state index is 0.612. The predicted octanol–water partition coefficient (Wildman–Crippen LogP) is 3.67. The third-order valence-electron chi connectivity index (χ3n) is 3.54. The monoisotopic (exact) mass is 293 g/mol. The number of hydrogen-bond acceptors (Lipinski definition) is 3. The van der Waals surface area contributed by atoms with Gasteiger partial charge < -0.3 is 14.8 Å². The molecule has 1 rings (SSSR count). The Bertz CT molecular complexity index is 368. The van der Waals surface area contributed by atoms with Gasteiger partial charge in [-0.15, -0.1) is 0 Å². The van der Waals surface area contributed by atoms with Crippen LogP contribution in [0.25, 0.3) is 0 Å². The SMILES string of the molecule is CCCNCC(CCOCCC)Cc1cccc(OC)c1. The van der Waals surface area contributed by atoms with E-state index in [4.69, 9.17) is 9.47 Å². The van der Waals surface area contributed by atoms with Crippen LogP contribution in [0.1, 0.15) is 38.7 Å². The van der Waals surface area contributed by atoms with Crippen LogP contribution in [0.15, 0.2) is 24.3 Å². The Morgan fingerprint density at radius 2 is 2.00 bits per heavy atom. The summed E-state index contributed by atoms with van der Waals surface area (Å²) in [4.78, 5) is 0. The van der Waals surface area contributed by atoms with Gasteiger partial charge in [-0.25, -0.2) is 0 Å². The van der Waals surface area contributed by atoms with Crippen LogP contribution in [0.5, 0.6) is 5.75 Å². The van der Waals surface area contributed by atoms with Crippen LogP contribution in [0.4, 0.5) is 0 Å². The molecule has 0 saturated carbocycles. The zero-order valence-corrected chi connectivity index (χ0v) is 13.9. The summed E-state index contributed by atoms with van der Waals surface area (Å²) in [5.41, 5.74) is 1.34. The number of rotatable bonds is 12. The summed E-state index contributed by atoms with van der Waals surface area (Å²) in [6.07, 6.45) is 4.45. The molecule has 1 aromatic rings. The van der Waals surface area contributed by atoms with Crippen LogP contribution in [-0.4, -0.2) is 33.4 Å². The Hall–Kier alpha value is -1.06. The van der Waals surface area contributed by atoms with Gasteiger partial charge in [0.2, 0.25) is 0 Å². The lowest BCUT2D eigenvalue weighted by Crippen LogP contribution is -2.26. The second-order valence-corrected chi connectivity index (χ2v) is 5.53. The maximum absolute atomic E-state index is 5.65. The Balaban J connectivity index is 2.48. The smallest absolute Gasteiger partial charge is 0.119 e. The Kier molecular flexibility index (Phi) is 9.92. The second kappa shape index (κ2) is 11.6. The first-order valence-corrected chi connectivity index (χ1v) is 8.21. The molecule has 0 bridgehead atoms. The highest BCUT2D eigenvalue weighted by Crippen LogP contribution is 2.17. The molecule has 0 saturated heterocycles. The van der Waals surface area contributed by atoms with Crippen LogP contribution in [0.3, 0.4) is 0 Å². The first-order chi connectivity index (χ1) is 10.3. The molecule has 21 heavy (non-hydrogen) atoms. The van der Waals surface area contributed by atoms with Gasteiger partial charge in [0.05, 0.1) is 7.11 Å². The Morgan fingerprint density at radius 3 is 2.71 bits per heavy atom. The summed E-state index contributed by atoms with van der Waals surface area (Å²) in [6.45, 7) is 8.22. The Labute approximate surface area is 130 Å². The van der Waals surface area contributed by atoms with Crippen molar-refractivity contribution < 1.29 is 9.47 Å². The van der Waals surface area contributed by atoms with E-state index in [-0.39, 0.29) is 0 Å². The summed E-state index contributed by atoms with van der Waals surface area (Å²) in [5, 5.41) is 3.54. The number of benzene rings is 1. The fourth-order valence-electron chi connectivity index (χ4n) is 2.39. The van der Waals surface area contributed by atoms with Crippen LogP contribution < -0.4 is 10.1 Å². The molecule has 1 aromatic carbocycles. The van der Waals surface area contributed by atoms with Crippen LogP contribution in [0.2, 0.25) is 0 Å². The molecule has 0 fully saturated rings. The predicted molar refractivity (Wildman–Crippen MR) is 89.1 cm³/mol. The molecular formula is C18H31NO2. The van der Waals surface area contributed by atoms with Gasteiger partial charge in [0.15, 0.2) is 0 Å². The van der Waals surface area contributed by atoms with Gasteiger partial charge >= 0.3 is 0 Å². The van der Waals surface area contributed by atoms with Crippen LogP contribution >= 0.6 is 0 Å². The quantitative estimate of drug-likeness (QED) is 0.596. The average molecular weight is 293 g/mol. The maximum atomic E-state index is 5.65. The standard InChI is InChI=1S/C18H31NO2/c1-4-10-19-15-17(9-12-21-11-5-2)13-16-7-6-8-18(14-16)20-3/h6-8,14,17,19H,4-5,9-13,15H2,1-3H3. The number of nitrogens with one attached hydrogen (secondary N) is 1. The average Bonchev–Trinajstić information content (AvgIpc) is 2.51. The van der Waals surface area contributed by atoms with E-state index in [0.29, 0.717) is 5.92 Å². The van der Waals surface area contributed by atoms with Gasteiger partial charge in [-0.3, -0.25) is 0 Å². The first-order valence-electron chi connectivity index (χ1n) is 8.21. The summed E-state index contributed by atoms with van der Waals surface area (Å²) >= 11 is 0. The number of hydrogen-bond donors (Lipinski definition) is 1. The first kappa shape index (κ1) is 18.0. The molecule has 1 N–H and O–H groups in total. The molecule has 3 nitrogen and oxygen atoms in total. The molecule has 0 aliphatic rings. The van der Waals surface area contributed by atoms with E-state index in [1.54, 1.807) is 7.11 Å². The summed E-state index contributed by atoms with van der Waals surface area (Å²) in [7, 11) is 1.72. The molecule has 3 heteroatoms. The third kappa shape index (κ3) is 8.08. The molecule has 0 aliphatic carbocycles. The number of methoxy groups -OCH3 is 1. The van der Waals surface area contributed by atoms with Crippen molar-refractivity contribution in [1.82, 2.24) is 5.32 Å². The second-order valence-electron chi connectivity index (χ2n) is 5.53. The van der Waals surface area contributed by atoms with Crippen molar-refractivity contribution >= 4 is 0 Å². The van der Waals surface area contributed by atoms with Crippen LogP contribution in [0, 0.1) is 5.92 Å². The van der Waals surface area contributed by atoms with E-state index in [2.05, 4.69) is 37.4 Å². The van der Waals surface area contributed by atoms with Gasteiger partial charge in [-0.2, -0.15) is 0 Å². The topological polar surface area (TPSA) is 30.5 Å². The zero-order chi connectivity index (χ0) is 15.3. The van der Waals surface area contributed by atoms with Crippen molar-refractivity contribution in [2.75, 3.05) is 33.4 Å². The summed E-state index contributed by atoms with van der Waals surface area (Å²) < 4.78 is 11.0. The van der Waals surface area contributed by atoms with Crippen molar-refractivity contribution in [3.63, 3.8) is 0 Å². The molecule has 0 heterocycles. The van der Waals surface area contributed by atoms with E-state index in [0.717, 1.165) is 51.3 Å². The zero-order valence-electron chi connectivity index (χ0n) is 13.9. The lowest BCUT2D eigenvalue weighted by Gasteiger charge is -2.18. The molecule has 120 valence electrons. The lowest BCUT2D eigenvalue weighted by atomic mass is 9.96. The van der Waals surface area contributed by atoms with Gasteiger partial charge in [0.25, 0.3) is 0 Å². The minimum Gasteiger partial charge on any atom is -0.497 e. The van der Waals surface area contributed by atoms with E-state index < -0.39 is 0 Å². The molecule has 1 unspecified atom stereocenters. The minimum atomic E-state index is 0.612. The highest BCUT2D eigenvalue weighted by Gasteiger charge is 2.10. The molecule has 0 amide bonds. The Morgan fingerprint density at radius 1 is 1.14 bits per heavy atom. The largest absolute Gasteiger partial charge is 0.497 e. The van der Waals surface area contributed by atoms with E-state index in [1.165, 1.54) is 12.0 Å². The lowest BCUT2D eigenvalue weighted by molar-refractivity contribution is 0.120. The summed E-state index contributed by atoms with van der Waals surface area (Å²) in [5.74, 6) is 1.55.